The summed E-state index contributed by atoms with van der Waals surface area (Å²) < 4.78 is 7.09. The second-order valence-corrected chi connectivity index (χ2v) is 3.88. The topological polar surface area (TPSA) is 78.9 Å². The molecule has 2 rings (SSSR count). The summed E-state index contributed by atoms with van der Waals surface area (Å²) in [6.07, 6.45) is 1.54. The van der Waals surface area contributed by atoms with E-state index < -0.39 is 0 Å². The monoisotopic (exact) mass is 249 g/mol. The predicted octanol–water partition coefficient (Wildman–Crippen LogP) is 0.945. The van der Waals surface area contributed by atoms with Gasteiger partial charge in [-0.25, -0.2) is 9.67 Å². The molecule has 2 aromatic heterocycles. The smallest absolute Gasteiger partial charge is 0.323 e. The number of nitrogens with zero attached hydrogens (tertiary/aromatic N) is 4. The van der Waals surface area contributed by atoms with Crippen LogP contribution in [0, 0.1) is 6.92 Å². The van der Waals surface area contributed by atoms with E-state index in [-0.39, 0.29) is 11.0 Å². The van der Waals surface area contributed by atoms with E-state index >= 15 is 0 Å². The van der Waals surface area contributed by atoms with E-state index in [1.165, 1.54) is 0 Å². The molecule has 0 amide bonds. The van der Waals surface area contributed by atoms with E-state index in [1.54, 1.807) is 30.1 Å². The van der Waals surface area contributed by atoms with Gasteiger partial charge in [0.1, 0.15) is 10.7 Å². The van der Waals surface area contributed by atoms with Crippen LogP contribution >= 0.6 is 12.2 Å². The fourth-order valence-corrected chi connectivity index (χ4v) is 1.42. The molecule has 0 spiro atoms. The molecule has 0 bridgehead atoms. The number of aryl methyl sites for hydroxylation is 2. The fraction of sp³-hybridized carbons (Fsp3) is 0.200. The lowest BCUT2D eigenvalue weighted by Gasteiger charge is -2.04. The highest BCUT2D eigenvalue weighted by molar-refractivity contribution is 7.80. The van der Waals surface area contributed by atoms with E-state index in [4.69, 9.17) is 22.7 Å². The van der Waals surface area contributed by atoms with Gasteiger partial charge in [-0.3, -0.25) is 0 Å². The van der Waals surface area contributed by atoms with E-state index in [9.17, 15) is 0 Å². The van der Waals surface area contributed by atoms with E-state index in [0.29, 0.717) is 11.6 Å². The van der Waals surface area contributed by atoms with Crippen LogP contribution in [0.2, 0.25) is 0 Å². The Morgan fingerprint density at radius 3 is 2.88 bits per heavy atom. The first-order valence-electron chi connectivity index (χ1n) is 4.87. The summed E-state index contributed by atoms with van der Waals surface area (Å²) in [5, 5.41) is 4.15. The third-order valence-electron chi connectivity index (χ3n) is 2.04. The number of rotatable bonds is 3. The lowest BCUT2D eigenvalue weighted by molar-refractivity contribution is 0.398. The molecule has 2 aromatic rings. The van der Waals surface area contributed by atoms with Crippen molar-refractivity contribution in [1.29, 1.82) is 0 Å². The molecule has 17 heavy (non-hydrogen) atoms. The minimum atomic E-state index is 0.193. The molecule has 0 unspecified atom stereocenters. The Kier molecular flexibility index (Phi) is 3.01. The first-order valence-corrected chi connectivity index (χ1v) is 5.28. The summed E-state index contributed by atoms with van der Waals surface area (Å²) in [4.78, 5) is 8.26. The molecule has 2 N–H and O–H groups in total. The second-order valence-electron chi connectivity index (χ2n) is 3.44. The molecular formula is C10H11N5OS. The predicted molar refractivity (Wildman–Crippen MR) is 65.9 cm³/mol. The minimum absolute atomic E-state index is 0.193. The van der Waals surface area contributed by atoms with Crippen molar-refractivity contribution in [3.63, 3.8) is 0 Å². The highest BCUT2D eigenvalue weighted by Crippen LogP contribution is 2.17. The van der Waals surface area contributed by atoms with Gasteiger partial charge in [0.25, 0.3) is 0 Å². The van der Waals surface area contributed by atoms with Crippen LogP contribution in [0.3, 0.4) is 0 Å². The van der Waals surface area contributed by atoms with Crippen molar-refractivity contribution in [2.45, 2.75) is 6.92 Å². The lowest BCUT2D eigenvalue weighted by atomic mass is 10.4. The SMILES string of the molecule is Cc1cc(Oc2nccc(C(N)=S)n2)n(C)n1. The number of hydrogen-bond acceptors (Lipinski definition) is 5. The summed E-state index contributed by atoms with van der Waals surface area (Å²) >= 11 is 4.83. The van der Waals surface area contributed by atoms with Gasteiger partial charge >= 0.3 is 6.01 Å². The molecule has 0 atom stereocenters. The summed E-state index contributed by atoms with van der Waals surface area (Å²) in [5.41, 5.74) is 6.81. The Labute approximate surface area is 103 Å². The molecule has 0 radical (unpaired) electrons. The maximum atomic E-state index is 5.48. The highest BCUT2D eigenvalue weighted by Gasteiger charge is 2.08. The zero-order valence-corrected chi connectivity index (χ0v) is 10.2. The molecule has 6 nitrogen and oxygen atoms in total. The Bertz CT molecular complexity index is 566. The molecule has 7 heteroatoms. The third kappa shape index (κ3) is 2.56. The minimum Gasteiger partial charge on any atom is -0.405 e. The molecule has 2 heterocycles. The largest absolute Gasteiger partial charge is 0.405 e. The van der Waals surface area contributed by atoms with Gasteiger partial charge in [0.15, 0.2) is 0 Å². The zero-order chi connectivity index (χ0) is 12.4. The van der Waals surface area contributed by atoms with Crippen LogP contribution in [-0.2, 0) is 7.05 Å². The van der Waals surface area contributed by atoms with Crippen molar-refractivity contribution in [2.24, 2.45) is 12.8 Å². The third-order valence-corrected chi connectivity index (χ3v) is 2.25. The van der Waals surface area contributed by atoms with Crippen LogP contribution in [0.1, 0.15) is 11.4 Å². The number of hydrogen-bond donors (Lipinski definition) is 1. The van der Waals surface area contributed by atoms with Crippen molar-refractivity contribution >= 4 is 17.2 Å². The Hall–Kier alpha value is -2.02. The van der Waals surface area contributed by atoms with Gasteiger partial charge in [-0.15, -0.1) is 0 Å². The number of nitrogens with two attached hydrogens (primary N) is 1. The van der Waals surface area contributed by atoms with Crippen molar-refractivity contribution < 1.29 is 4.74 Å². The van der Waals surface area contributed by atoms with Crippen molar-refractivity contribution in [3.8, 4) is 11.9 Å². The Balaban J connectivity index is 2.27. The van der Waals surface area contributed by atoms with E-state index in [1.807, 2.05) is 6.92 Å². The van der Waals surface area contributed by atoms with Gasteiger partial charge in [0.2, 0.25) is 5.88 Å². The molecule has 0 fully saturated rings. The molecule has 0 aliphatic heterocycles. The van der Waals surface area contributed by atoms with Gasteiger partial charge in [-0.2, -0.15) is 10.1 Å². The molecule has 88 valence electrons. The maximum absolute atomic E-state index is 5.48. The quantitative estimate of drug-likeness (QED) is 0.816. The van der Waals surface area contributed by atoms with Crippen LogP contribution < -0.4 is 10.5 Å². The van der Waals surface area contributed by atoms with Crippen LogP contribution in [0.4, 0.5) is 0 Å². The second kappa shape index (κ2) is 4.46. The first kappa shape index (κ1) is 11.5. The highest BCUT2D eigenvalue weighted by atomic mass is 32.1. The molecule has 0 saturated heterocycles. The molecule has 0 aliphatic rings. The van der Waals surface area contributed by atoms with Gasteiger partial charge in [-0.1, -0.05) is 12.2 Å². The summed E-state index contributed by atoms with van der Waals surface area (Å²) in [5.74, 6) is 0.558. The van der Waals surface area contributed by atoms with E-state index in [0.717, 1.165) is 5.69 Å². The standard InChI is InChI=1S/C10H11N5OS/c1-6-5-8(15(2)14-6)16-10-12-4-3-7(13-10)9(11)17/h3-5H,1-2H3,(H2,11,17). The van der Waals surface area contributed by atoms with Gasteiger partial charge in [-0.05, 0) is 13.0 Å². The summed E-state index contributed by atoms with van der Waals surface area (Å²) in [6, 6.07) is 3.61. The number of ether oxygens (including phenoxy) is 1. The average Bonchev–Trinajstić information content (AvgIpc) is 2.58. The van der Waals surface area contributed by atoms with Gasteiger partial charge in [0.05, 0.1) is 5.69 Å². The van der Waals surface area contributed by atoms with Crippen LogP contribution in [0.5, 0.6) is 11.9 Å². The Morgan fingerprint density at radius 1 is 1.53 bits per heavy atom. The average molecular weight is 249 g/mol. The molecule has 0 saturated carbocycles. The zero-order valence-electron chi connectivity index (χ0n) is 9.41. The first-order chi connectivity index (χ1) is 8.06. The van der Waals surface area contributed by atoms with Gasteiger partial charge < -0.3 is 10.5 Å². The van der Waals surface area contributed by atoms with Crippen molar-refractivity contribution in [3.05, 3.63) is 29.7 Å². The normalized spacial score (nSPS) is 10.2. The van der Waals surface area contributed by atoms with Crippen LogP contribution in [0.25, 0.3) is 0 Å². The number of thiocarbonyl (C=S) groups is 1. The van der Waals surface area contributed by atoms with E-state index in [2.05, 4.69) is 15.1 Å². The summed E-state index contributed by atoms with van der Waals surface area (Å²) in [6.45, 7) is 1.87. The molecular weight excluding hydrogens is 238 g/mol. The number of aromatic nitrogens is 4. The summed E-state index contributed by atoms with van der Waals surface area (Å²) in [7, 11) is 1.78. The fourth-order valence-electron chi connectivity index (χ4n) is 1.30. The lowest BCUT2D eigenvalue weighted by Crippen LogP contribution is -2.12. The maximum Gasteiger partial charge on any atom is 0.323 e. The van der Waals surface area contributed by atoms with Gasteiger partial charge in [0, 0.05) is 19.3 Å². The van der Waals surface area contributed by atoms with Crippen LogP contribution in [-0.4, -0.2) is 24.7 Å². The molecule has 0 aliphatic carbocycles. The van der Waals surface area contributed by atoms with Crippen molar-refractivity contribution in [1.82, 2.24) is 19.7 Å². The Morgan fingerprint density at radius 2 is 2.29 bits per heavy atom. The van der Waals surface area contributed by atoms with Crippen LogP contribution in [0.15, 0.2) is 18.3 Å². The van der Waals surface area contributed by atoms with Crippen molar-refractivity contribution in [2.75, 3.05) is 0 Å². The molecule has 0 aromatic carbocycles.